The Kier molecular flexibility index (Phi) is 7.64. The van der Waals surface area contributed by atoms with E-state index in [0.29, 0.717) is 15.8 Å². The molecule has 1 heterocycles. The molecule has 0 aliphatic carbocycles. The number of carbonyl (C=O) groups excluding carboxylic acids is 1. The van der Waals surface area contributed by atoms with E-state index in [1.807, 2.05) is 6.92 Å². The first kappa shape index (κ1) is 25.3. The molecule has 0 atom stereocenters. The Balaban J connectivity index is 1.48. The molecule has 3 aromatic carbocycles. The van der Waals surface area contributed by atoms with E-state index < -0.39 is 10.8 Å². The van der Waals surface area contributed by atoms with Gasteiger partial charge in [-0.15, -0.1) is 0 Å². The van der Waals surface area contributed by atoms with Gasteiger partial charge in [-0.2, -0.15) is 5.10 Å². The summed E-state index contributed by atoms with van der Waals surface area (Å²) in [5.74, 6) is 0.396. The van der Waals surface area contributed by atoms with Crippen molar-refractivity contribution in [3.05, 3.63) is 103 Å². The van der Waals surface area contributed by atoms with Crippen molar-refractivity contribution in [2.24, 2.45) is 0 Å². The van der Waals surface area contributed by atoms with Crippen LogP contribution in [0.5, 0.6) is 17.2 Å². The third-order valence-electron chi connectivity index (χ3n) is 4.84. The zero-order valence-corrected chi connectivity index (χ0v) is 20.8. The van der Waals surface area contributed by atoms with E-state index in [4.69, 9.17) is 44.3 Å². The second-order valence-electron chi connectivity index (χ2n) is 7.53. The van der Waals surface area contributed by atoms with E-state index in [2.05, 4.69) is 10.4 Å². The summed E-state index contributed by atoms with van der Waals surface area (Å²) in [7, 11) is 0. The van der Waals surface area contributed by atoms with Crippen molar-refractivity contribution in [2.75, 3.05) is 5.32 Å². The van der Waals surface area contributed by atoms with Crippen LogP contribution in [0.15, 0.2) is 66.9 Å². The lowest BCUT2D eigenvalue weighted by atomic mass is 10.2. The number of anilines is 1. The molecule has 0 bridgehead atoms. The lowest BCUT2D eigenvalue weighted by molar-refractivity contribution is -0.384. The molecule has 0 fully saturated rings. The van der Waals surface area contributed by atoms with Crippen molar-refractivity contribution in [1.82, 2.24) is 9.78 Å². The fraction of sp³-hybridized carbons (Fsp3) is 0.0833. The van der Waals surface area contributed by atoms with Crippen LogP contribution in [0, 0.1) is 17.0 Å². The molecule has 0 radical (unpaired) electrons. The summed E-state index contributed by atoms with van der Waals surface area (Å²) >= 11 is 18.0. The van der Waals surface area contributed by atoms with Gasteiger partial charge < -0.3 is 14.8 Å². The van der Waals surface area contributed by atoms with Gasteiger partial charge in [-0.05, 0) is 55.0 Å². The van der Waals surface area contributed by atoms with Crippen LogP contribution in [0.2, 0.25) is 15.1 Å². The monoisotopic (exact) mass is 546 g/mol. The summed E-state index contributed by atoms with van der Waals surface area (Å²) < 4.78 is 12.8. The number of amides is 1. The number of nitrogens with zero attached hydrogens (tertiary/aromatic N) is 3. The highest BCUT2D eigenvalue weighted by molar-refractivity contribution is 6.35. The fourth-order valence-electron chi connectivity index (χ4n) is 3.17. The summed E-state index contributed by atoms with van der Waals surface area (Å²) in [5, 5.41) is 19.4. The van der Waals surface area contributed by atoms with Crippen LogP contribution in [0.4, 0.5) is 11.4 Å². The van der Waals surface area contributed by atoms with Gasteiger partial charge in [0.05, 0.1) is 21.7 Å². The van der Waals surface area contributed by atoms with Gasteiger partial charge >= 0.3 is 0 Å². The molecule has 12 heteroatoms. The highest BCUT2D eigenvalue weighted by Crippen LogP contribution is 2.34. The molecule has 0 saturated heterocycles. The van der Waals surface area contributed by atoms with Crippen LogP contribution >= 0.6 is 34.8 Å². The number of aromatic nitrogens is 2. The molecule has 4 rings (SSSR count). The standard InChI is InChI=1S/C24H17Cl3N4O5/c1-14-8-15(25)2-4-22(14)35-13-30-7-6-21(29-30)24(32)28-17-10-18(31(33)34)12-19(11-17)36-23-5-3-16(26)9-20(23)27/h2-12H,13H2,1H3,(H,28,32). The van der Waals surface area contributed by atoms with Crippen molar-refractivity contribution in [2.45, 2.75) is 13.7 Å². The molecule has 36 heavy (non-hydrogen) atoms. The first-order valence-electron chi connectivity index (χ1n) is 10.3. The molecule has 0 aliphatic heterocycles. The van der Waals surface area contributed by atoms with Crippen LogP contribution < -0.4 is 14.8 Å². The van der Waals surface area contributed by atoms with Crippen molar-refractivity contribution >= 4 is 52.1 Å². The highest BCUT2D eigenvalue weighted by atomic mass is 35.5. The number of benzene rings is 3. The van der Waals surface area contributed by atoms with Crippen LogP contribution in [0.25, 0.3) is 0 Å². The van der Waals surface area contributed by atoms with Gasteiger partial charge in [-0.3, -0.25) is 14.9 Å². The Bertz CT molecular complexity index is 1460. The number of halogens is 3. The summed E-state index contributed by atoms with van der Waals surface area (Å²) in [6, 6.07) is 15.2. The largest absolute Gasteiger partial charge is 0.471 e. The molecule has 0 spiro atoms. The number of aryl methyl sites for hydroxylation is 1. The van der Waals surface area contributed by atoms with Crippen LogP contribution in [0.3, 0.4) is 0 Å². The molecule has 1 N–H and O–H groups in total. The smallest absolute Gasteiger partial charge is 0.276 e. The Morgan fingerprint density at radius 3 is 2.44 bits per heavy atom. The van der Waals surface area contributed by atoms with Crippen molar-refractivity contribution in [3.63, 3.8) is 0 Å². The topological polar surface area (TPSA) is 109 Å². The third-order valence-corrected chi connectivity index (χ3v) is 5.61. The Morgan fingerprint density at radius 1 is 1.03 bits per heavy atom. The van der Waals surface area contributed by atoms with Crippen molar-refractivity contribution in [3.8, 4) is 17.2 Å². The summed E-state index contributed by atoms with van der Waals surface area (Å²) in [5.41, 5.74) is 0.791. The van der Waals surface area contributed by atoms with E-state index >= 15 is 0 Å². The number of hydrogen-bond acceptors (Lipinski definition) is 6. The highest BCUT2D eigenvalue weighted by Gasteiger charge is 2.16. The van der Waals surface area contributed by atoms with Crippen LogP contribution in [-0.2, 0) is 6.73 Å². The first-order valence-corrected chi connectivity index (χ1v) is 11.5. The van der Waals surface area contributed by atoms with Gasteiger partial charge in [0, 0.05) is 28.4 Å². The molecule has 0 aliphatic rings. The Hall–Kier alpha value is -3.79. The molecule has 0 unspecified atom stereocenters. The number of ether oxygens (including phenoxy) is 2. The molecule has 0 saturated carbocycles. The second kappa shape index (κ2) is 10.9. The summed E-state index contributed by atoms with van der Waals surface area (Å²) in [4.78, 5) is 23.6. The maximum absolute atomic E-state index is 12.7. The number of nitro groups is 1. The summed E-state index contributed by atoms with van der Waals surface area (Å²) in [6.45, 7) is 1.92. The van der Waals surface area contributed by atoms with Gasteiger partial charge in [0.1, 0.15) is 17.2 Å². The van der Waals surface area contributed by atoms with E-state index in [9.17, 15) is 14.9 Å². The molecular weight excluding hydrogens is 531 g/mol. The van der Waals surface area contributed by atoms with Crippen LogP contribution in [0.1, 0.15) is 16.1 Å². The molecular formula is C24H17Cl3N4O5. The Morgan fingerprint density at radius 2 is 1.75 bits per heavy atom. The zero-order valence-electron chi connectivity index (χ0n) is 18.6. The fourth-order valence-corrected chi connectivity index (χ4v) is 3.84. The van der Waals surface area contributed by atoms with Crippen molar-refractivity contribution in [1.29, 1.82) is 0 Å². The molecule has 9 nitrogen and oxygen atoms in total. The maximum atomic E-state index is 12.7. The first-order chi connectivity index (χ1) is 17.2. The number of carbonyl (C=O) groups is 1. The average Bonchev–Trinajstić information content (AvgIpc) is 3.29. The van der Waals surface area contributed by atoms with Gasteiger partial charge in [0.2, 0.25) is 0 Å². The van der Waals surface area contributed by atoms with Gasteiger partial charge in [0.15, 0.2) is 12.4 Å². The Labute approximate surface area is 220 Å². The minimum Gasteiger partial charge on any atom is -0.471 e. The number of non-ortho nitro benzene ring substituents is 1. The van der Waals surface area contributed by atoms with Gasteiger partial charge in [0.25, 0.3) is 11.6 Å². The van der Waals surface area contributed by atoms with Gasteiger partial charge in [-0.25, -0.2) is 4.68 Å². The number of hydrogen-bond donors (Lipinski definition) is 1. The quantitative estimate of drug-likeness (QED) is 0.185. The molecule has 184 valence electrons. The number of nitro benzene ring substituents is 1. The van der Waals surface area contributed by atoms with Gasteiger partial charge in [-0.1, -0.05) is 34.8 Å². The molecule has 4 aromatic rings. The number of rotatable bonds is 8. The van der Waals surface area contributed by atoms with E-state index in [0.717, 1.165) is 5.56 Å². The minimum atomic E-state index is -0.600. The SMILES string of the molecule is Cc1cc(Cl)ccc1OCn1ccc(C(=O)Nc2cc(Oc3ccc(Cl)cc3Cl)cc([N+](=O)[O-])c2)n1. The average molecular weight is 548 g/mol. The zero-order chi connectivity index (χ0) is 25.8. The third kappa shape index (κ3) is 6.25. The van der Waals surface area contributed by atoms with Crippen LogP contribution in [-0.4, -0.2) is 20.6 Å². The second-order valence-corrected chi connectivity index (χ2v) is 8.81. The minimum absolute atomic E-state index is 0.0619. The van der Waals surface area contributed by atoms with E-state index in [-0.39, 0.29) is 40.3 Å². The number of nitrogens with one attached hydrogen (secondary N) is 1. The molecule has 1 amide bonds. The molecule has 1 aromatic heterocycles. The lowest BCUT2D eigenvalue weighted by Gasteiger charge is -2.10. The predicted molar refractivity (Wildman–Crippen MR) is 137 cm³/mol. The normalized spacial score (nSPS) is 10.7. The van der Waals surface area contributed by atoms with E-state index in [1.165, 1.54) is 41.1 Å². The van der Waals surface area contributed by atoms with E-state index in [1.54, 1.807) is 30.5 Å². The maximum Gasteiger partial charge on any atom is 0.276 e. The summed E-state index contributed by atoms with van der Waals surface area (Å²) in [6.07, 6.45) is 1.57. The predicted octanol–water partition coefficient (Wildman–Crippen LogP) is 7.14. The lowest BCUT2D eigenvalue weighted by Crippen LogP contribution is -2.14. The van der Waals surface area contributed by atoms with Crippen molar-refractivity contribution < 1.29 is 19.2 Å².